The van der Waals surface area contributed by atoms with Gasteiger partial charge in [-0.05, 0) is 54.4 Å². The van der Waals surface area contributed by atoms with Crippen LogP contribution >= 0.6 is 0 Å². The minimum Gasteiger partial charge on any atom is -0.492 e. The maximum Gasteiger partial charge on any atom is 0.328 e. The summed E-state index contributed by atoms with van der Waals surface area (Å²) in [6.07, 6.45) is 0.335. The van der Waals surface area contributed by atoms with Crippen LogP contribution in [0.3, 0.4) is 0 Å². The Morgan fingerprint density at radius 2 is 1.52 bits per heavy atom. The van der Waals surface area contributed by atoms with E-state index in [9.17, 15) is 14.4 Å². The molecule has 0 aliphatic rings. The van der Waals surface area contributed by atoms with Crippen LogP contribution in [0.4, 0.5) is 11.4 Å². The third kappa shape index (κ3) is 8.34. The van der Waals surface area contributed by atoms with E-state index in [0.29, 0.717) is 42.1 Å². The van der Waals surface area contributed by atoms with Crippen molar-refractivity contribution in [2.75, 3.05) is 30.5 Å². The molecule has 4 aromatic rings. The summed E-state index contributed by atoms with van der Waals surface area (Å²) < 4.78 is 11.1. The zero-order chi connectivity index (χ0) is 31.7. The second-order valence-corrected chi connectivity index (χ2v) is 11.7. The molecule has 7 heteroatoms. The highest BCUT2D eigenvalue weighted by Gasteiger charge is 2.28. The first-order valence-corrected chi connectivity index (χ1v) is 14.7. The number of anilines is 2. The van der Waals surface area contributed by atoms with Gasteiger partial charge in [0.1, 0.15) is 18.4 Å². The summed E-state index contributed by atoms with van der Waals surface area (Å²) in [6, 6.07) is 30.8. The standard InChI is InChI=1S/C37H40N2O5/c1-26-12-11-15-29(24-26)39(36(42)37(2,3)4)22-23-44-30-20-18-27(19-21-30)25-33(35(41)43-5)38-32-17-10-9-16-31(32)34(40)28-13-7-6-8-14-28/h6-21,24,33,38H,22-23,25H2,1-5H3/t33-/m0/s1. The van der Waals surface area contributed by atoms with Crippen molar-refractivity contribution in [1.29, 1.82) is 0 Å². The Bertz CT molecular complexity index is 1580. The summed E-state index contributed by atoms with van der Waals surface area (Å²) >= 11 is 0. The highest BCUT2D eigenvalue weighted by atomic mass is 16.5. The van der Waals surface area contributed by atoms with E-state index < -0.39 is 17.4 Å². The first kappa shape index (κ1) is 32.0. The van der Waals surface area contributed by atoms with E-state index in [2.05, 4.69) is 5.32 Å². The van der Waals surface area contributed by atoms with Gasteiger partial charge in [-0.25, -0.2) is 4.79 Å². The van der Waals surface area contributed by atoms with Crippen molar-refractivity contribution in [1.82, 2.24) is 0 Å². The fourth-order valence-corrected chi connectivity index (χ4v) is 4.84. The van der Waals surface area contributed by atoms with Crippen molar-refractivity contribution in [2.24, 2.45) is 5.41 Å². The molecule has 0 heterocycles. The highest BCUT2D eigenvalue weighted by molar-refractivity contribution is 6.12. The number of para-hydroxylation sites is 1. The van der Waals surface area contributed by atoms with Crippen molar-refractivity contribution < 1.29 is 23.9 Å². The van der Waals surface area contributed by atoms with E-state index in [0.717, 1.165) is 16.8 Å². The fourth-order valence-electron chi connectivity index (χ4n) is 4.84. The maximum atomic E-state index is 13.2. The van der Waals surface area contributed by atoms with Crippen LogP contribution in [0.5, 0.6) is 5.75 Å². The van der Waals surface area contributed by atoms with Crippen molar-refractivity contribution >= 4 is 29.0 Å². The van der Waals surface area contributed by atoms with Crippen LogP contribution in [0.2, 0.25) is 0 Å². The molecule has 0 aliphatic carbocycles. The number of benzene rings is 4. The molecule has 0 spiro atoms. The van der Waals surface area contributed by atoms with E-state index >= 15 is 0 Å². The quantitative estimate of drug-likeness (QED) is 0.143. The summed E-state index contributed by atoms with van der Waals surface area (Å²) in [5.41, 5.74) is 3.87. The van der Waals surface area contributed by atoms with Crippen molar-refractivity contribution in [2.45, 2.75) is 40.2 Å². The predicted octanol–water partition coefficient (Wildman–Crippen LogP) is 6.88. The van der Waals surface area contributed by atoms with Gasteiger partial charge in [-0.1, -0.05) is 87.5 Å². The molecule has 7 nitrogen and oxygen atoms in total. The molecule has 0 radical (unpaired) electrons. The first-order chi connectivity index (χ1) is 21.1. The highest BCUT2D eigenvalue weighted by Crippen LogP contribution is 2.25. The van der Waals surface area contributed by atoms with E-state index in [4.69, 9.17) is 9.47 Å². The van der Waals surface area contributed by atoms with Crippen LogP contribution in [0.1, 0.15) is 47.8 Å². The van der Waals surface area contributed by atoms with Gasteiger partial charge in [-0.2, -0.15) is 0 Å². The number of ketones is 1. The van der Waals surface area contributed by atoms with Gasteiger partial charge in [0, 0.05) is 34.3 Å². The summed E-state index contributed by atoms with van der Waals surface area (Å²) in [7, 11) is 1.35. The SMILES string of the molecule is COC(=O)[C@H](Cc1ccc(OCCN(C(=O)C(C)(C)C)c2cccc(C)c2)cc1)Nc1ccccc1C(=O)c1ccccc1. The number of nitrogens with zero attached hydrogens (tertiary/aromatic N) is 1. The summed E-state index contributed by atoms with van der Waals surface area (Å²) in [5.74, 6) is 0.106. The zero-order valence-corrected chi connectivity index (χ0v) is 26.0. The zero-order valence-electron chi connectivity index (χ0n) is 26.0. The van der Waals surface area contributed by atoms with E-state index in [-0.39, 0.29) is 11.7 Å². The molecule has 0 bridgehead atoms. The molecule has 0 saturated carbocycles. The predicted molar refractivity (Wildman–Crippen MR) is 174 cm³/mol. The summed E-state index contributed by atoms with van der Waals surface area (Å²) in [4.78, 5) is 41.0. The maximum absolute atomic E-state index is 13.2. The smallest absolute Gasteiger partial charge is 0.328 e. The first-order valence-electron chi connectivity index (χ1n) is 14.7. The molecule has 44 heavy (non-hydrogen) atoms. The summed E-state index contributed by atoms with van der Waals surface area (Å²) in [5, 5.41) is 3.24. The molecule has 228 valence electrons. The molecule has 0 saturated heterocycles. The Kier molecular flexibility index (Phi) is 10.6. The molecule has 0 unspecified atom stereocenters. The molecular formula is C37H40N2O5. The third-order valence-corrected chi connectivity index (χ3v) is 7.17. The van der Waals surface area contributed by atoms with Crippen LogP contribution in [-0.2, 0) is 20.7 Å². The number of nitrogens with one attached hydrogen (secondary N) is 1. The lowest BCUT2D eigenvalue weighted by Gasteiger charge is -2.30. The van der Waals surface area contributed by atoms with Crippen LogP contribution in [0.25, 0.3) is 0 Å². The lowest BCUT2D eigenvalue weighted by atomic mass is 9.94. The number of esters is 1. The Morgan fingerprint density at radius 3 is 2.18 bits per heavy atom. The van der Waals surface area contributed by atoms with Crippen molar-refractivity contribution in [3.05, 3.63) is 125 Å². The Hall–Kier alpha value is -4.91. The molecule has 0 aliphatic heterocycles. The van der Waals surface area contributed by atoms with Crippen molar-refractivity contribution in [3.8, 4) is 5.75 Å². The lowest BCUT2D eigenvalue weighted by molar-refractivity contribution is -0.141. The number of aryl methyl sites for hydroxylation is 1. The molecule has 0 fully saturated rings. The molecule has 4 rings (SSSR count). The average Bonchev–Trinajstić information content (AvgIpc) is 3.02. The van der Waals surface area contributed by atoms with Crippen LogP contribution in [-0.4, -0.2) is 44.0 Å². The van der Waals surface area contributed by atoms with Gasteiger partial charge < -0.3 is 19.7 Å². The molecule has 1 N–H and O–H groups in total. The number of amides is 1. The number of carbonyl (C=O) groups excluding carboxylic acids is 3. The average molecular weight is 593 g/mol. The topological polar surface area (TPSA) is 84.9 Å². The second kappa shape index (κ2) is 14.5. The van der Waals surface area contributed by atoms with E-state index in [1.807, 2.05) is 100 Å². The number of rotatable bonds is 12. The van der Waals surface area contributed by atoms with E-state index in [1.54, 1.807) is 35.2 Å². The van der Waals surface area contributed by atoms with Gasteiger partial charge in [0.05, 0.1) is 13.7 Å². The minimum atomic E-state index is -0.720. The third-order valence-electron chi connectivity index (χ3n) is 7.17. The van der Waals surface area contributed by atoms with Gasteiger partial charge in [0.15, 0.2) is 5.78 Å². The monoisotopic (exact) mass is 592 g/mol. The number of hydrogen-bond donors (Lipinski definition) is 1. The van der Waals surface area contributed by atoms with Crippen LogP contribution in [0.15, 0.2) is 103 Å². The molecule has 4 aromatic carbocycles. The van der Waals surface area contributed by atoms with Gasteiger partial charge in [0.25, 0.3) is 0 Å². The van der Waals surface area contributed by atoms with Gasteiger partial charge in [-0.15, -0.1) is 0 Å². The second-order valence-electron chi connectivity index (χ2n) is 11.7. The Labute approximate surface area is 259 Å². The van der Waals surface area contributed by atoms with Crippen LogP contribution in [0, 0.1) is 12.3 Å². The summed E-state index contributed by atoms with van der Waals surface area (Å²) in [6.45, 7) is 8.45. The molecule has 1 atom stereocenters. The minimum absolute atomic E-state index is 0.0236. The fraction of sp³-hybridized carbons (Fsp3) is 0.270. The number of ether oxygens (including phenoxy) is 2. The number of hydrogen-bond acceptors (Lipinski definition) is 6. The van der Waals surface area contributed by atoms with Gasteiger partial charge in [-0.3, -0.25) is 9.59 Å². The Morgan fingerprint density at radius 1 is 0.841 bits per heavy atom. The molecule has 0 aromatic heterocycles. The lowest BCUT2D eigenvalue weighted by Crippen LogP contribution is -2.42. The Balaban J connectivity index is 1.43. The van der Waals surface area contributed by atoms with E-state index in [1.165, 1.54) is 7.11 Å². The van der Waals surface area contributed by atoms with Crippen molar-refractivity contribution in [3.63, 3.8) is 0 Å². The molecular weight excluding hydrogens is 552 g/mol. The largest absolute Gasteiger partial charge is 0.492 e. The molecule has 1 amide bonds. The van der Waals surface area contributed by atoms with Crippen LogP contribution < -0.4 is 15.0 Å². The van der Waals surface area contributed by atoms with Gasteiger partial charge >= 0.3 is 5.97 Å². The normalized spacial score (nSPS) is 11.8. The number of carbonyl (C=O) groups is 3. The number of methoxy groups -OCH3 is 1. The van der Waals surface area contributed by atoms with Gasteiger partial charge in [0.2, 0.25) is 5.91 Å².